The molecule has 3 N–H and O–H groups in total. The van der Waals surface area contributed by atoms with Gasteiger partial charge in [0.15, 0.2) is 0 Å². The van der Waals surface area contributed by atoms with Gasteiger partial charge >= 0.3 is 0 Å². The van der Waals surface area contributed by atoms with Crippen molar-refractivity contribution in [2.24, 2.45) is 5.73 Å². The molecule has 0 saturated carbocycles. The zero-order chi connectivity index (χ0) is 15.0. The molecule has 0 aromatic carbocycles. The molecule has 1 atom stereocenters. The molecule has 0 radical (unpaired) electrons. The van der Waals surface area contributed by atoms with Crippen LogP contribution in [0.25, 0.3) is 0 Å². The fraction of sp³-hybridized carbons (Fsp3) is 0.867. The van der Waals surface area contributed by atoms with Gasteiger partial charge in [0.1, 0.15) is 0 Å². The average Bonchev–Trinajstić information content (AvgIpc) is 2.45. The SMILES string of the molecule is CCCCC(N)C(=O)N1CCC(NC(=O)CCC)CC1. The van der Waals surface area contributed by atoms with Crippen LogP contribution in [0.15, 0.2) is 0 Å². The van der Waals surface area contributed by atoms with Crippen LogP contribution in [-0.4, -0.2) is 41.9 Å². The van der Waals surface area contributed by atoms with E-state index < -0.39 is 0 Å². The number of carbonyl (C=O) groups excluding carboxylic acids is 2. The van der Waals surface area contributed by atoms with Crippen LogP contribution in [0.5, 0.6) is 0 Å². The largest absolute Gasteiger partial charge is 0.353 e. The Morgan fingerprint density at radius 1 is 1.25 bits per heavy atom. The van der Waals surface area contributed by atoms with Gasteiger partial charge in [-0.05, 0) is 25.7 Å². The summed E-state index contributed by atoms with van der Waals surface area (Å²) < 4.78 is 0. The van der Waals surface area contributed by atoms with Gasteiger partial charge in [0.25, 0.3) is 0 Å². The summed E-state index contributed by atoms with van der Waals surface area (Å²) in [6.07, 6.45) is 5.95. The summed E-state index contributed by atoms with van der Waals surface area (Å²) in [5.41, 5.74) is 5.93. The first-order valence-electron chi connectivity index (χ1n) is 7.92. The lowest BCUT2D eigenvalue weighted by atomic mass is 10.0. The Bertz CT molecular complexity index is 312. The molecule has 1 fully saturated rings. The van der Waals surface area contributed by atoms with E-state index in [1.807, 2.05) is 11.8 Å². The minimum atomic E-state index is -0.360. The molecule has 2 amide bonds. The Labute approximate surface area is 122 Å². The minimum absolute atomic E-state index is 0.0665. The van der Waals surface area contributed by atoms with Crippen LogP contribution in [0.3, 0.4) is 0 Å². The number of nitrogens with one attached hydrogen (secondary N) is 1. The van der Waals surface area contributed by atoms with Crippen molar-refractivity contribution in [3.05, 3.63) is 0 Å². The lowest BCUT2D eigenvalue weighted by molar-refractivity contribution is -0.134. The summed E-state index contributed by atoms with van der Waals surface area (Å²) >= 11 is 0. The van der Waals surface area contributed by atoms with E-state index in [4.69, 9.17) is 5.73 Å². The zero-order valence-electron chi connectivity index (χ0n) is 12.9. The maximum absolute atomic E-state index is 12.1. The van der Waals surface area contributed by atoms with Crippen LogP contribution in [0, 0.1) is 0 Å². The van der Waals surface area contributed by atoms with Crippen LogP contribution in [-0.2, 0) is 9.59 Å². The number of amides is 2. The monoisotopic (exact) mass is 283 g/mol. The quantitative estimate of drug-likeness (QED) is 0.742. The second-order valence-corrected chi connectivity index (χ2v) is 5.67. The van der Waals surface area contributed by atoms with Crippen LogP contribution in [0.4, 0.5) is 0 Å². The first-order chi connectivity index (χ1) is 9.58. The van der Waals surface area contributed by atoms with Crippen molar-refractivity contribution in [2.75, 3.05) is 13.1 Å². The predicted molar refractivity (Wildman–Crippen MR) is 80.2 cm³/mol. The third-order valence-electron chi connectivity index (χ3n) is 3.83. The first-order valence-corrected chi connectivity index (χ1v) is 7.92. The molecule has 5 nitrogen and oxygen atoms in total. The molecule has 20 heavy (non-hydrogen) atoms. The molecule has 1 heterocycles. The lowest BCUT2D eigenvalue weighted by Crippen LogP contribution is -2.50. The Morgan fingerprint density at radius 3 is 2.45 bits per heavy atom. The number of unbranched alkanes of at least 4 members (excludes halogenated alkanes) is 1. The summed E-state index contributed by atoms with van der Waals surface area (Å²) in [6.45, 7) is 5.51. The molecule has 1 aliphatic heterocycles. The first kappa shape index (κ1) is 17.0. The molecule has 1 saturated heterocycles. The molecule has 0 aromatic heterocycles. The summed E-state index contributed by atoms with van der Waals surface area (Å²) in [7, 11) is 0. The standard InChI is InChI=1S/C15H29N3O2/c1-3-5-7-13(16)15(20)18-10-8-12(9-11-18)17-14(19)6-4-2/h12-13H,3-11,16H2,1-2H3,(H,17,19). The Morgan fingerprint density at radius 2 is 1.90 bits per heavy atom. The molecule has 0 aliphatic carbocycles. The molecule has 5 heteroatoms. The number of hydrogen-bond acceptors (Lipinski definition) is 3. The number of hydrogen-bond donors (Lipinski definition) is 2. The summed E-state index contributed by atoms with van der Waals surface area (Å²) in [5.74, 6) is 0.189. The van der Waals surface area contributed by atoms with Crippen LogP contribution in [0.2, 0.25) is 0 Å². The molecule has 116 valence electrons. The second kappa shape index (κ2) is 8.95. The van der Waals surface area contributed by atoms with Crippen molar-refractivity contribution in [3.8, 4) is 0 Å². The average molecular weight is 283 g/mol. The summed E-state index contributed by atoms with van der Waals surface area (Å²) in [6, 6.07) is -0.147. The number of carbonyl (C=O) groups is 2. The lowest BCUT2D eigenvalue weighted by Gasteiger charge is -2.33. The summed E-state index contributed by atoms with van der Waals surface area (Å²) in [4.78, 5) is 25.5. The van der Waals surface area contributed by atoms with Crippen molar-refractivity contribution in [3.63, 3.8) is 0 Å². The van der Waals surface area contributed by atoms with E-state index in [0.717, 1.165) is 38.5 Å². The number of nitrogens with two attached hydrogens (primary N) is 1. The molecule has 0 bridgehead atoms. The topological polar surface area (TPSA) is 75.4 Å². The number of likely N-dealkylation sites (tertiary alicyclic amines) is 1. The van der Waals surface area contributed by atoms with Gasteiger partial charge in [-0.25, -0.2) is 0 Å². The van der Waals surface area contributed by atoms with Crippen LogP contribution >= 0.6 is 0 Å². The molecular formula is C15H29N3O2. The molecule has 0 spiro atoms. The van der Waals surface area contributed by atoms with E-state index in [0.29, 0.717) is 19.5 Å². The van der Waals surface area contributed by atoms with Crippen molar-refractivity contribution in [2.45, 2.75) is 70.9 Å². The highest BCUT2D eigenvalue weighted by Gasteiger charge is 2.26. The van der Waals surface area contributed by atoms with E-state index in [2.05, 4.69) is 12.2 Å². The highest BCUT2D eigenvalue weighted by atomic mass is 16.2. The highest BCUT2D eigenvalue weighted by molar-refractivity contribution is 5.81. The van der Waals surface area contributed by atoms with Crippen molar-refractivity contribution >= 4 is 11.8 Å². The number of rotatable bonds is 7. The van der Waals surface area contributed by atoms with E-state index in [1.165, 1.54) is 0 Å². The zero-order valence-corrected chi connectivity index (χ0v) is 12.9. The summed E-state index contributed by atoms with van der Waals surface area (Å²) in [5, 5.41) is 3.03. The molecule has 1 rings (SSSR count). The van der Waals surface area contributed by atoms with Gasteiger partial charge in [0.05, 0.1) is 6.04 Å². The van der Waals surface area contributed by atoms with Gasteiger partial charge in [-0.3, -0.25) is 9.59 Å². The third-order valence-corrected chi connectivity index (χ3v) is 3.83. The molecule has 1 aliphatic rings. The fourth-order valence-corrected chi connectivity index (χ4v) is 2.55. The van der Waals surface area contributed by atoms with Crippen LogP contribution < -0.4 is 11.1 Å². The maximum atomic E-state index is 12.1. The van der Waals surface area contributed by atoms with E-state index in [9.17, 15) is 9.59 Å². The maximum Gasteiger partial charge on any atom is 0.239 e. The van der Waals surface area contributed by atoms with Crippen molar-refractivity contribution in [1.82, 2.24) is 10.2 Å². The van der Waals surface area contributed by atoms with Gasteiger partial charge in [0.2, 0.25) is 11.8 Å². The molecule has 1 unspecified atom stereocenters. The smallest absolute Gasteiger partial charge is 0.239 e. The van der Waals surface area contributed by atoms with E-state index in [-0.39, 0.29) is 23.9 Å². The van der Waals surface area contributed by atoms with E-state index >= 15 is 0 Å². The minimum Gasteiger partial charge on any atom is -0.353 e. The molecule has 0 aromatic rings. The van der Waals surface area contributed by atoms with Gasteiger partial charge in [0, 0.05) is 25.6 Å². The second-order valence-electron chi connectivity index (χ2n) is 5.67. The normalized spacial score (nSPS) is 17.9. The van der Waals surface area contributed by atoms with Gasteiger partial charge in [-0.1, -0.05) is 26.7 Å². The molecular weight excluding hydrogens is 254 g/mol. The third kappa shape index (κ3) is 5.49. The fourth-order valence-electron chi connectivity index (χ4n) is 2.55. The Kier molecular flexibility index (Phi) is 7.59. The predicted octanol–water partition coefficient (Wildman–Crippen LogP) is 1.41. The van der Waals surface area contributed by atoms with Gasteiger partial charge in [-0.15, -0.1) is 0 Å². The van der Waals surface area contributed by atoms with Crippen LogP contribution in [0.1, 0.15) is 58.8 Å². The van der Waals surface area contributed by atoms with Gasteiger partial charge in [-0.2, -0.15) is 0 Å². The van der Waals surface area contributed by atoms with Crippen molar-refractivity contribution < 1.29 is 9.59 Å². The Hall–Kier alpha value is -1.10. The van der Waals surface area contributed by atoms with Gasteiger partial charge < -0.3 is 16.0 Å². The number of piperidine rings is 1. The van der Waals surface area contributed by atoms with E-state index in [1.54, 1.807) is 0 Å². The number of nitrogens with zero attached hydrogens (tertiary/aromatic N) is 1. The Balaban J connectivity index is 2.30. The van der Waals surface area contributed by atoms with Crippen molar-refractivity contribution in [1.29, 1.82) is 0 Å². The highest BCUT2D eigenvalue weighted by Crippen LogP contribution is 2.13.